The molecular weight excluding hydrogens is 133 g/mol. The molecule has 0 radical (unpaired) electrons. The molecule has 0 atom stereocenters. The number of halogens is 1. The number of rotatable bonds is 3. The molecule has 0 N–H and O–H groups in total. The molecule has 0 saturated heterocycles. The molecule has 0 heterocycles. The molecule has 0 fully saturated rings. The van der Waals surface area contributed by atoms with Crippen molar-refractivity contribution in [1.82, 2.24) is 4.31 Å². The molecule has 0 aliphatic rings. The van der Waals surface area contributed by atoms with Crippen LogP contribution in [0.3, 0.4) is 0 Å². The van der Waals surface area contributed by atoms with E-state index < -0.39 is 17.6 Å². The maximum absolute atomic E-state index is 11.3. The van der Waals surface area contributed by atoms with Gasteiger partial charge in [-0.3, -0.25) is 0 Å². The fourth-order valence-corrected chi connectivity index (χ4v) is 0.443. The van der Waals surface area contributed by atoms with E-state index in [1.165, 1.54) is 7.05 Å². The van der Waals surface area contributed by atoms with Crippen molar-refractivity contribution in [3.05, 3.63) is 0 Å². The second kappa shape index (κ2) is 3.80. The lowest BCUT2D eigenvalue weighted by molar-refractivity contribution is 0.402. The van der Waals surface area contributed by atoms with E-state index in [1.807, 2.05) is 0 Å². The minimum atomic E-state index is -2.57. The zero-order valence-corrected chi connectivity index (χ0v) is 5.40. The number of alkyl halides is 1. The zero-order valence-electron chi connectivity index (χ0n) is 4.50. The van der Waals surface area contributed by atoms with Gasteiger partial charge < -0.3 is 0 Å². The van der Waals surface area contributed by atoms with Crippen LogP contribution < -0.4 is 0 Å². The summed E-state index contributed by atoms with van der Waals surface area (Å²) in [5, 5.41) is 0. The van der Waals surface area contributed by atoms with Gasteiger partial charge in [0, 0.05) is 13.6 Å². The van der Waals surface area contributed by atoms with Crippen molar-refractivity contribution in [2.24, 2.45) is 0 Å². The highest BCUT2D eigenvalue weighted by atomic mass is 32.2. The average molecular weight is 141 g/mol. The monoisotopic (exact) mass is 141 g/mol. The summed E-state index contributed by atoms with van der Waals surface area (Å²) < 4.78 is 32.0. The molecule has 8 heavy (non-hydrogen) atoms. The third kappa shape index (κ3) is 2.92. The van der Waals surface area contributed by atoms with E-state index in [0.717, 1.165) is 4.31 Å². The molecule has 0 aliphatic heterocycles. The standard InChI is InChI=1S/C3H8FNO2S/c1-5(3-2-4)8(6)7/h8H,2-3H2,1H3. The van der Waals surface area contributed by atoms with Gasteiger partial charge >= 0.3 is 0 Å². The summed E-state index contributed by atoms with van der Waals surface area (Å²) in [6.45, 7) is -0.668. The van der Waals surface area contributed by atoms with E-state index in [9.17, 15) is 12.8 Å². The predicted molar refractivity (Wildman–Crippen MR) is 28.9 cm³/mol. The molecule has 0 aromatic carbocycles. The number of hydrogen-bond acceptors (Lipinski definition) is 2. The maximum Gasteiger partial charge on any atom is 0.203 e. The molecule has 0 aromatic heterocycles. The SMILES string of the molecule is CN(CCF)[SH](=O)=O. The first-order valence-electron chi connectivity index (χ1n) is 2.10. The molecular formula is C3H8FNO2S. The Bertz CT molecular complexity index is 116. The molecule has 5 heteroatoms. The van der Waals surface area contributed by atoms with Crippen LogP contribution in [0.2, 0.25) is 0 Å². The van der Waals surface area contributed by atoms with Crippen molar-refractivity contribution in [3.8, 4) is 0 Å². The highest BCUT2D eigenvalue weighted by Crippen LogP contribution is 1.79. The quantitative estimate of drug-likeness (QED) is 0.534. The third-order valence-electron chi connectivity index (χ3n) is 0.687. The summed E-state index contributed by atoms with van der Waals surface area (Å²) >= 11 is 0. The van der Waals surface area contributed by atoms with E-state index in [4.69, 9.17) is 0 Å². The Kier molecular flexibility index (Phi) is 3.72. The van der Waals surface area contributed by atoms with E-state index in [2.05, 4.69) is 0 Å². The van der Waals surface area contributed by atoms with Crippen molar-refractivity contribution in [2.75, 3.05) is 20.3 Å². The third-order valence-corrected chi connectivity index (χ3v) is 1.44. The topological polar surface area (TPSA) is 37.4 Å². The molecule has 0 amide bonds. The Morgan fingerprint density at radius 3 is 2.25 bits per heavy atom. The lowest BCUT2D eigenvalue weighted by atomic mass is 10.7. The molecule has 3 nitrogen and oxygen atoms in total. The van der Waals surface area contributed by atoms with Crippen LogP contribution in [0.25, 0.3) is 0 Å². The highest BCUT2D eigenvalue weighted by Gasteiger charge is 1.95. The van der Waals surface area contributed by atoms with Gasteiger partial charge in [0.1, 0.15) is 6.67 Å². The van der Waals surface area contributed by atoms with E-state index in [-0.39, 0.29) is 6.54 Å². The lowest BCUT2D eigenvalue weighted by Crippen LogP contribution is -2.18. The van der Waals surface area contributed by atoms with E-state index in [1.54, 1.807) is 0 Å². The van der Waals surface area contributed by atoms with Crippen LogP contribution in [0.4, 0.5) is 4.39 Å². The molecule has 0 aromatic rings. The summed E-state index contributed by atoms with van der Waals surface area (Å²) in [5.41, 5.74) is 0. The van der Waals surface area contributed by atoms with Gasteiger partial charge in [-0.1, -0.05) is 0 Å². The van der Waals surface area contributed by atoms with E-state index >= 15 is 0 Å². The average Bonchev–Trinajstić information content (AvgIpc) is 1.67. The van der Waals surface area contributed by atoms with Gasteiger partial charge in [-0.2, -0.15) is 0 Å². The Hall–Kier alpha value is -0.160. The van der Waals surface area contributed by atoms with Crippen LogP contribution in [0.15, 0.2) is 0 Å². The Morgan fingerprint density at radius 1 is 1.62 bits per heavy atom. The fraction of sp³-hybridized carbons (Fsp3) is 1.00. The number of nitrogens with zero attached hydrogens (tertiary/aromatic N) is 1. The summed E-state index contributed by atoms with van der Waals surface area (Å²) in [6.07, 6.45) is 0. The lowest BCUT2D eigenvalue weighted by Gasteiger charge is -2.01. The Balaban J connectivity index is 3.48. The van der Waals surface area contributed by atoms with E-state index in [0.29, 0.717) is 0 Å². The minimum absolute atomic E-state index is 0.0430. The first-order valence-corrected chi connectivity index (χ1v) is 3.23. The van der Waals surface area contributed by atoms with Crippen molar-refractivity contribution < 1.29 is 12.8 Å². The van der Waals surface area contributed by atoms with Gasteiger partial charge in [-0.15, -0.1) is 0 Å². The Morgan fingerprint density at radius 2 is 2.12 bits per heavy atom. The molecule has 50 valence electrons. The molecule has 0 saturated carbocycles. The van der Waals surface area contributed by atoms with Crippen molar-refractivity contribution in [1.29, 1.82) is 0 Å². The van der Waals surface area contributed by atoms with Gasteiger partial charge in [-0.05, 0) is 0 Å². The van der Waals surface area contributed by atoms with Crippen LogP contribution in [-0.2, 0) is 10.9 Å². The largest absolute Gasteiger partial charge is 0.250 e. The van der Waals surface area contributed by atoms with Crippen LogP contribution in [0.5, 0.6) is 0 Å². The molecule has 0 bridgehead atoms. The summed E-state index contributed by atoms with van der Waals surface area (Å²) in [6, 6.07) is 0. The Labute approximate surface area is 49.2 Å². The highest BCUT2D eigenvalue weighted by molar-refractivity contribution is 7.69. The summed E-state index contributed by atoms with van der Waals surface area (Å²) in [7, 11) is -1.25. The van der Waals surface area contributed by atoms with Gasteiger partial charge in [-0.25, -0.2) is 17.1 Å². The number of thiol groups is 1. The van der Waals surface area contributed by atoms with Crippen molar-refractivity contribution in [2.45, 2.75) is 0 Å². The number of hydrogen-bond donors (Lipinski definition) is 1. The van der Waals surface area contributed by atoms with Gasteiger partial charge in [0.25, 0.3) is 0 Å². The first kappa shape index (κ1) is 7.84. The normalized spacial score (nSPS) is 11.0. The maximum atomic E-state index is 11.3. The fourth-order valence-electron chi connectivity index (χ4n) is 0.204. The summed E-state index contributed by atoms with van der Waals surface area (Å²) in [5.74, 6) is 0. The van der Waals surface area contributed by atoms with Crippen LogP contribution in [0.1, 0.15) is 0 Å². The smallest absolute Gasteiger partial charge is 0.203 e. The van der Waals surface area contributed by atoms with Gasteiger partial charge in [0.15, 0.2) is 0 Å². The second-order valence-corrected chi connectivity index (χ2v) is 2.47. The molecule has 0 aliphatic carbocycles. The molecule has 0 spiro atoms. The molecule has 0 rings (SSSR count). The van der Waals surface area contributed by atoms with Crippen LogP contribution in [0, 0.1) is 0 Å². The first-order chi connectivity index (χ1) is 3.68. The van der Waals surface area contributed by atoms with Crippen molar-refractivity contribution in [3.63, 3.8) is 0 Å². The summed E-state index contributed by atoms with van der Waals surface area (Å²) in [4.78, 5) is 0. The van der Waals surface area contributed by atoms with Crippen LogP contribution >= 0.6 is 0 Å². The van der Waals surface area contributed by atoms with Gasteiger partial charge in [0.05, 0.1) is 0 Å². The van der Waals surface area contributed by atoms with Crippen LogP contribution in [-0.4, -0.2) is 33.0 Å². The minimum Gasteiger partial charge on any atom is -0.250 e. The molecule has 0 unspecified atom stereocenters. The zero-order chi connectivity index (χ0) is 6.57. The predicted octanol–water partition coefficient (Wildman–Crippen LogP) is -0.586. The van der Waals surface area contributed by atoms with Gasteiger partial charge in [0.2, 0.25) is 10.9 Å². The second-order valence-electron chi connectivity index (χ2n) is 1.31. The van der Waals surface area contributed by atoms with Crippen molar-refractivity contribution >= 4 is 10.9 Å².